The zero-order chi connectivity index (χ0) is 30.9. The van der Waals surface area contributed by atoms with Crippen molar-refractivity contribution in [1.82, 2.24) is 19.9 Å². The number of ketones is 1. The molecule has 0 spiro atoms. The van der Waals surface area contributed by atoms with Crippen molar-refractivity contribution >= 4 is 40.5 Å². The van der Waals surface area contributed by atoms with Crippen LogP contribution in [0.4, 0.5) is 23.2 Å². The van der Waals surface area contributed by atoms with Crippen molar-refractivity contribution in [3.05, 3.63) is 76.3 Å². The first-order chi connectivity index (χ1) is 20.4. The van der Waals surface area contributed by atoms with Crippen molar-refractivity contribution in [2.45, 2.75) is 57.7 Å². The fraction of sp³-hybridized carbons (Fsp3) is 0.367. The van der Waals surface area contributed by atoms with Gasteiger partial charge in [0.25, 0.3) is 0 Å². The van der Waals surface area contributed by atoms with Gasteiger partial charge in [0, 0.05) is 41.2 Å². The Bertz CT molecular complexity index is 1600. The minimum Gasteiger partial charge on any atom is -0.329 e. The van der Waals surface area contributed by atoms with Gasteiger partial charge < -0.3 is 10.2 Å². The van der Waals surface area contributed by atoms with Gasteiger partial charge in [0.1, 0.15) is 5.82 Å². The molecule has 0 saturated carbocycles. The quantitative estimate of drug-likeness (QED) is 0.363. The monoisotopic (exact) mass is 617 g/mol. The number of anilines is 1. The van der Waals surface area contributed by atoms with Crippen LogP contribution in [-0.2, 0) is 27.0 Å². The summed E-state index contributed by atoms with van der Waals surface area (Å²) in [5.74, 6) is -1.66. The number of hydrogen-bond acceptors (Lipinski definition) is 5. The lowest BCUT2D eigenvalue weighted by Crippen LogP contribution is -2.46. The highest BCUT2D eigenvalue weighted by molar-refractivity contribution is 6.30. The molecule has 0 unspecified atom stereocenters. The van der Waals surface area contributed by atoms with E-state index < -0.39 is 29.6 Å². The van der Waals surface area contributed by atoms with Gasteiger partial charge in [0.2, 0.25) is 11.8 Å². The van der Waals surface area contributed by atoms with Crippen LogP contribution in [0.25, 0.3) is 11.3 Å². The highest BCUT2D eigenvalue weighted by Crippen LogP contribution is 2.34. The number of alkyl halides is 3. The first-order valence-electron chi connectivity index (χ1n) is 13.8. The van der Waals surface area contributed by atoms with Gasteiger partial charge in [-0.3, -0.25) is 14.4 Å². The molecule has 2 atom stereocenters. The van der Waals surface area contributed by atoms with E-state index in [-0.39, 0.29) is 42.7 Å². The highest BCUT2D eigenvalue weighted by Gasteiger charge is 2.35. The molecule has 2 aromatic carbocycles. The van der Waals surface area contributed by atoms with Crippen molar-refractivity contribution < 1.29 is 31.9 Å². The molecule has 43 heavy (non-hydrogen) atoms. The second-order valence-electron chi connectivity index (χ2n) is 10.8. The van der Waals surface area contributed by atoms with E-state index in [0.29, 0.717) is 53.1 Å². The third-order valence-corrected chi connectivity index (χ3v) is 8.05. The lowest BCUT2D eigenvalue weighted by molar-refractivity contribution is -0.141. The molecule has 0 radical (unpaired) electrons. The number of hydrogen-bond donors (Lipinski definition) is 1. The van der Waals surface area contributed by atoms with E-state index in [4.69, 9.17) is 11.6 Å². The van der Waals surface area contributed by atoms with E-state index in [9.17, 15) is 31.9 Å². The van der Waals surface area contributed by atoms with Crippen LogP contribution in [0.3, 0.4) is 0 Å². The van der Waals surface area contributed by atoms with Gasteiger partial charge in [0.15, 0.2) is 11.5 Å². The Hall–Kier alpha value is -4.06. The van der Waals surface area contributed by atoms with E-state index >= 15 is 0 Å². The summed E-state index contributed by atoms with van der Waals surface area (Å²) in [5.41, 5.74) is 1.000. The number of carbonyl (C=O) groups is 3. The number of fused-ring (bicyclic) bond motifs is 1. The summed E-state index contributed by atoms with van der Waals surface area (Å²) >= 11 is 6.22. The molecule has 2 aliphatic rings. The molecule has 1 aromatic heterocycles. The van der Waals surface area contributed by atoms with Gasteiger partial charge in [-0.25, -0.2) is 9.07 Å². The van der Waals surface area contributed by atoms with Gasteiger partial charge in [0.05, 0.1) is 17.9 Å². The Morgan fingerprint density at radius 1 is 1.02 bits per heavy atom. The van der Waals surface area contributed by atoms with Gasteiger partial charge in [-0.1, -0.05) is 30.2 Å². The van der Waals surface area contributed by atoms with Crippen LogP contribution in [0.5, 0.6) is 0 Å². The fourth-order valence-corrected chi connectivity index (χ4v) is 5.64. The van der Waals surface area contributed by atoms with Crippen LogP contribution >= 0.6 is 11.6 Å². The van der Waals surface area contributed by atoms with Crippen LogP contribution in [0.2, 0.25) is 5.02 Å². The Kier molecular flexibility index (Phi) is 8.68. The van der Waals surface area contributed by atoms with Crippen LogP contribution in [0.1, 0.15) is 55.8 Å². The molecule has 2 aliphatic heterocycles. The van der Waals surface area contributed by atoms with E-state index in [0.717, 1.165) is 10.9 Å². The third-order valence-electron chi connectivity index (χ3n) is 7.81. The smallest absolute Gasteiger partial charge is 0.329 e. The highest BCUT2D eigenvalue weighted by atomic mass is 35.5. The minimum atomic E-state index is -4.68. The van der Waals surface area contributed by atoms with Crippen molar-refractivity contribution in [3.8, 4) is 5.69 Å². The number of halogens is 5. The van der Waals surface area contributed by atoms with Gasteiger partial charge in [-0.05, 0) is 73.2 Å². The first-order valence-corrected chi connectivity index (χ1v) is 14.2. The molecule has 2 amide bonds. The lowest BCUT2D eigenvalue weighted by Gasteiger charge is -2.34. The molecule has 0 aliphatic carbocycles. The zero-order valence-corrected chi connectivity index (χ0v) is 23.9. The summed E-state index contributed by atoms with van der Waals surface area (Å²) < 4.78 is 54.5. The summed E-state index contributed by atoms with van der Waals surface area (Å²) in [6.45, 7) is 1.96. The first kappa shape index (κ1) is 30.4. The second kappa shape index (κ2) is 12.3. The normalized spacial score (nSPS) is 20.6. The molecular formula is C30H28ClF4N5O3. The predicted octanol–water partition coefficient (Wildman–Crippen LogP) is 6.02. The minimum absolute atomic E-state index is 0.0408. The number of carbonyl (C=O) groups excluding carboxylic acids is 3. The second-order valence-corrected chi connectivity index (χ2v) is 11.2. The Balaban J connectivity index is 1.41. The lowest BCUT2D eigenvalue weighted by atomic mass is 9.91. The van der Waals surface area contributed by atoms with Crippen molar-refractivity contribution in [2.75, 3.05) is 11.9 Å². The Morgan fingerprint density at radius 3 is 2.53 bits per heavy atom. The van der Waals surface area contributed by atoms with Crippen molar-refractivity contribution in [1.29, 1.82) is 0 Å². The number of aryl methyl sites for hydroxylation is 1. The molecular weight excluding hydrogens is 590 g/mol. The Labute approximate surface area is 249 Å². The number of rotatable bonds is 3. The van der Waals surface area contributed by atoms with Crippen LogP contribution in [0, 0.1) is 11.7 Å². The summed E-state index contributed by atoms with van der Waals surface area (Å²) in [5, 5.41) is 9.99. The molecule has 13 heteroatoms. The van der Waals surface area contributed by atoms with E-state index in [2.05, 4.69) is 15.6 Å². The van der Waals surface area contributed by atoms with Gasteiger partial charge >= 0.3 is 6.18 Å². The summed E-state index contributed by atoms with van der Waals surface area (Å²) in [7, 11) is 0. The van der Waals surface area contributed by atoms with Crippen LogP contribution in [0.15, 0.2) is 48.7 Å². The van der Waals surface area contributed by atoms with Crippen LogP contribution in [-0.4, -0.2) is 50.1 Å². The average Bonchev–Trinajstić information content (AvgIpc) is 3.46. The molecule has 3 aromatic rings. The number of Topliss-reactive ketones (excluding diaryl/α,β-unsaturated/α-hetero) is 1. The number of amides is 2. The standard InChI is InChI=1S/C30H28ClF4N5O3/c1-17-3-2-4-25(26(41)10-5-19-13-21(32)7-8-23(19)36-29(17)43)39-12-11-18(14-28(39)42)22-15-20(31)6-9-24(22)40-16-27(37-38-40)30(33,34)35/h6-9,13-17,25H,2-5,10-12H2,1H3,(H,36,43)/t17-,25+/m1/s1. The SMILES string of the molecule is C[C@@H]1CCC[C@H](N2CCC(c3cc(Cl)ccc3-n3cc(C(F)(F)F)nn3)=CC2=O)C(=O)CCc2cc(F)ccc2NC1=O. The maximum atomic E-state index is 14.0. The predicted molar refractivity (Wildman–Crippen MR) is 151 cm³/mol. The maximum Gasteiger partial charge on any atom is 0.436 e. The molecule has 0 saturated heterocycles. The largest absolute Gasteiger partial charge is 0.436 e. The molecule has 0 fully saturated rings. The number of benzene rings is 2. The number of nitrogens with one attached hydrogen (secondary N) is 1. The average molecular weight is 618 g/mol. The molecule has 226 valence electrons. The van der Waals surface area contributed by atoms with Crippen molar-refractivity contribution in [3.63, 3.8) is 0 Å². The van der Waals surface area contributed by atoms with E-state index in [1.54, 1.807) is 13.0 Å². The van der Waals surface area contributed by atoms with Crippen molar-refractivity contribution in [2.24, 2.45) is 5.92 Å². The fourth-order valence-electron chi connectivity index (χ4n) is 5.46. The zero-order valence-electron chi connectivity index (χ0n) is 23.1. The number of aromatic nitrogens is 3. The number of nitrogens with zero attached hydrogens (tertiary/aromatic N) is 4. The Morgan fingerprint density at radius 2 is 1.81 bits per heavy atom. The van der Waals surface area contributed by atoms with Crippen LogP contribution < -0.4 is 5.32 Å². The summed E-state index contributed by atoms with van der Waals surface area (Å²) in [4.78, 5) is 41.2. The van der Waals surface area contributed by atoms with E-state index in [1.807, 2.05) is 0 Å². The summed E-state index contributed by atoms with van der Waals surface area (Å²) in [6.07, 6.45) is -0.664. The molecule has 1 N–H and O–H groups in total. The molecule has 3 heterocycles. The van der Waals surface area contributed by atoms with Gasteiger partial charge in [-0.2, -0.15) is 13.2 Å². The molecule has 5 rings (SSSR count). The van der Waals surface area contributed by atoms with E-state index in [1.165, 1.54) is 41.3 Å². The topological polar surface area (TPSA) is 97.2 Å². The molecule has 0 bridgehead atoms. The maximum absolute atomic E-state index is 14.0. The molecule has 8 nitrogen and oxygen atoms in total. The van der Waals surface area contributed by atoms with Gasteiger partial charge in [-0.15, -0.1) is 5.10 Å². The third kappa shape index (κ3) is 6.79. The summed E-state index contributed by atoms with van der Waals surface area (Å²) in [6, 6.07) is 7.83.